The van der Waals surface area contributed by atoms with Crippen LogP contribution in [0.5, 0.6) is 0 Å². The van der Waals surface area contributed by atoms with Crippen molar-refractivity contribution in [3.8, 4) is 0 Å². The van der Waals surface area contributed by atoms with E-state index in [1.807, 2.05) is 0 Å². The Morgan fingerprint density at radius 2 is 1.32 bits per heavy atom. The highest BCUT2D eigenvalue weighted by Gasteiger charge is 2.76. The summed E-state index contributed by atoms with van der Waals surface area (Å²) in [5, 5.41) is 8.45. The van der Waals surface area contributed by atoms with E-state index < -0.39 is 35.0 Å². The number of carboxylic acids is 1. The van der Waals surface area contributed by atoms with E-state index in [2.05, 4.69) is 0 Å². The number of allylic oxidation sites excluding steroid dienone is 1. The summed E-state index contributed by atoms with van der Waals surface area (Å²) in [5.41, 5.74) is -3.77. The molecule has 1 N–H and O–H groups in total. The van der Waals surface area contributed by atoms with Crippen molar-refractivity contribution in [3.63, 3.8) is 0 Å². The summed E-state index contributed by atoms with van der Waals surface area (Å²) in [6, 6.07) is 0. The average Bonchev–Trinajstić information content (AvgIpc) is 2.14. The van der Waals surface area contributed by atoms with Crippen LogP contribution in [0.4, 0.5) is 30.7 Å². The number of hydrogen-bond acceptors (Lipinski definition) is 1. The number of carboxylic acid groups (broad SMARTS) is 1. The lowest BCUT2D eigenvalue weighted by molar-refractivity contribution is -0.371. The lowest BCUT2D eigenvalue weighted by Crippen LogP contribution is -2.58. The van der Waals surface area contributed by atoms with Crippen molar-refractivity contribution in [3.05, 3.63) is 11.6 Å². The van der Waals surface area contributed by atoms with E-state index in [-0.39, 0.29) is 6.08 Å². The van der Waals surface area contributed by atoms with E-state index >= 15 is 0 Å². The van der Waals surface area contributed by atoms with Crippen LogP contribution in [0.3, 0.4) is 0 Å². The molecule has 0 saturated heterocycles. The van der Waals surface area contributed by atoms with Crippen LogP contribution in [0.2, 0.25) is 0 Å². The highest BCUT2D eigenvalue weighted by atomic mass is 19.4. The molecule has 0 aliphatic rings. The third-order valence-electron chi connectivity index (χ3n) is 2.47. The largest absolute Gasteiger partial charge is 0.478 e. The third kappa shape index (κ3) is 3.01. The molecule has 0 fully saturated rings. The fraction of sp³-hybridized carbons (Fsp3) is 0.700. The minimum atomic E-state index is -6.45. The summed E-state index contributed by atoms with van der Waals surface area (Å²) in [4.78, 5) is 10.4. The van der Waals surface area contributed by atoms with E-state index in [0.29, 0.717) is 13.8 Å². The zero-order valence-electron chi connectivity index (χ0n) is 10.1. The van der Waals surface area contributed by atoms with Gasteiger partial charge in [0.05, 0.1) is 5.41 Å². The maximum Gasteiger partial charge on any atom is 0.459 e. The molecule has 0 heterocycles. The van der Waals surface area contributed by atoms with E-state index in [1.165, 1.54) is 0 Å². The van der Waals surface area contributed by atoms with Gasteiger partial charge in [0, 0.05) is 5.57 Å². The summed E-state index contributed by atoms with van der Waals surface area (Å²) in [5.74, 6) is -13.5. The molecule has 0 aliphatic carbocycles. The Morgan fingerprint density at radius 1 is 0.947 bits per heavy atom. The molecule has 19 heavy (non-hydrogen) atoms. The minimum absolute atomic E-state index is 0.176. The third-order valence-corrected chi connectivity index (χ3v) is 2.47. The van der Waals surface area contributed by atoms with Gasteiger partial charge in [-0.05, 0) is 6.92 Å². The Kier molecular flexibility index (Phi) is 4.36. The van der Waals surface area contributed by atoms with Gasteiger partial charge in [-0.3, -0.25) is 0 Å². The predicted molar refractivity (Wildman–Crippen MR) is 51.1 cm³/mol. The summed E-state index contributed by atoms with van der Waals surface area (Å²) in [7, 11) is 0. The molecule has 0 saturated carbocycles. The van der Waals surface area contributed by atoms with Crippen LogP contribution >= 0.6 is 0 Å². The number of aliphatic carboxylic acids is 1. The number of hydrogen-bond donors (Lipinski definition) is 1. The van der Waals surface area contributed by atoms with Gasteiger partial charge in [-0.1, -0.05) is 19.9 Å². The van der Waals surface area contributed by atoms with Gasteiger partial charge in [0.1, 0.15) is 0 Å². The van der Waals surface area contributed by atoms with Gasteiger partial charge in [0.2, 0.25) is 0 Å². The maximum absolute atomic E-state index is 13.4. The molecule has 0 aliphatic heterocycles. The zero-order chi connectivity index (χ0) is 15.9. The molecule has 0 radical (unpaired) electrons. The van der Waals surface area contributed by atoms with Gasteiger partial charge in [-0.15, -0.1) is 0 Å². The molecule has 0 spiro atoms. The fourth-order valence-electron chi connectivity index (χ4n) is 1.28. The van der Waals surface area contributed by atoms with Crippen LogP contribution in [0, 0.1) is 5.41 Å². The highest BCUT2D eigenvalue weighted by Crippen LogP contribution is 2.54. The van der Waals surface area contributed by atoms with Crippen LogP contribution in [-0.2, 0) is 4.79 Å². The normalized spacial score (nSPS) is 15.6. The molecule has 0 aromatic carbocycles. The first kappa shape index (κ1) is 17.7. The van der Waals surface area contributed by atoms with E-state index in [9.17, 15) is 35.5 Å². The van der Waals surface area contributed by atoms with Crippen LogP contribution in [0.15, 0.2) is 11.6 Å². The first-order valence-corrected chi connectivity index (χ1v) is 4.83. The number of rotatable bonds is 4. The Labute approximate surface area is 103 Å². The molecular formula is C10H11F7O2. The van der Waals surface area contributed by atoms with E-state index in [1.54, 1.807) is 0 Å². The molecule has 2 nitrogen and oxygen atoms in total. The monoisotopic (exact) mass is 296 g/mol. The second kappa shape index (κ2) is 4.68. The van der Waals surface area contributed by atoms with Crippen LogP contribution in [-0.4, -0.2) is 29.1 Å². The van der Waals surface area contributed by atoms with Gasteiger partial charge in [-0.25, -0.2) is 4.79 Å². The molecule has 112 valence electrons. The fourth-order valence-corrected chi connectivity index (χ4v) is 1.28. The molecule has 0 amide bonds. The van der Waals surface area contributed by atoms with Crippen molar-refractivity contribution < 1.29 is 40.6 Å². The van der Waals surface area contributed by atoms with Gasteiger partial charge >= 0.3 is 24.0 Å². The smallest absolute Gasteiger partial charge is 0.459 e. The maximum atomic E-state index is 13.4. The molecular weight excluding hydrogens is 285 g/mol. The first-order chi connectivity index (χ1) is 8.08. The molecule has 0 atom stereocenters. The Hall–Kier alpha value is -1.28. The first-order valence-electron chi connectivity index (χ1n) is 4.83. The van der Waals surface area contributed by atoms with Crippen LogP contribution in [0.25, 0.3) is 0 Å². The second-order valence-electron chi connectivity index (χ2n) is 4.50. The van der Waals surface area contributed by atoms with Gasteiger partial charge in [-0.2, -0.15) is 30.7 Å². The summed E-state index contributed by atoms with van der Waals surface area (Å²) >= 11 is 0. The van der Waals surface area contributed by atoms with E-state index in [0.717, 1.165) is 6.92 Å². The Bertz CT molecular complexity index is 393. The Balaban J connectivity index is 5.78. The molecule has 0 rings (SSSR count). The lowest BCUT2D eigenvalue weighted by Gasteiger charge is -2.37. The van der Waals surface area contributed by atoms with Crippen LogP contribution < -0.4 is 0 Å². The SMILES string of the molecule is CC(=CC(C)(C)C(F)(F)C(F)(F)C(F)(F)F)C(=O)O. The number of alkyl halides is 7. The Morgan fingerprint density at radius 3 is 1.58 bits per heavy atom. The summed E-state index contributed by atoms with van der Waals surface area (Å²) in [6.07, 6.45) is -6.27. The topological polar surface area (TPSA) is 37.3 Å². The standard InChI is InChI=1S/C10H11F7O2/c1-5(6(18)19)4-7(2,3)8(11,12)9(13,14)10(15,16)17/h4H,1-3H3,(H,18,19). The van der Waals surface area contributed by atoms with Crippen molar-refractivity contribution in [2.75, 3.05) is 0 Å². The number of carbonyl (C=O) groups is 1. The predicted octanol–water partition coefficient (Wildman–Crippen LogP) is 3.88. The van der Waals surface area contributed by atoms with E-state index in [4.69, 9.17) is 5.11 Å². The zero-order valence-corrected chi connectivity index (χ0v) is 10.1. The molecule has 0 unspecified atom stereocenters. The molecule has 0 bridgehead atoms. The van der Waals surface area contributed by atoms with Gasteiger partial charge in [0.25, 0.3) is 0 Å². The quantitative estimate of drug-likeness (QED) is 0.631. The van der Waals surface area contributed by atoms with Crippen molar-refractivity contribution in [1.82, 2.24) is 0 Å². The van der Waals surface area contributed by atoms with Gasteiger partial charge < -0.3 is 5.11 Å². The molecule has 0 aromatic heterocycles. The molecule has 0 aromatic rings. The number of halogens is 7. The highest BCUT2D eigenvalue weighted by molar-refractivity contribution is 5.85. The molecule has 9 heteroatoms. The summed E-state index contributed by atoms with van der Waals surface area (Å²) in [6.45, 7) is 1.62. The van der Waals surface area contributed by atoms with Crippen molar-refractivity contribution in [1.29, 1.82) is 0 Å². The second-order valence-corrected chi connectivity index (χ2v) is 4.50. The summed E-state index contributed by atoms with van der Waals surface area (Å²) < 4.78 is 88.4. The van der Waals surface area contributed by atoms with Crippen molar-refractivity contribution in [2.24, 2.45) is 5.41 Å². The van der Waals surface area contributed by atoms with Gasteiger partial charge in [0.15, 0.2) is 0 Å². The lowest BCUT2D eigenvalue weighted by atomic mass is 9.80. The van der Waals surface area contributed by atoms with Crippen molar-refractivity contribution in [2.45, 2.75) is 38.8 Å². The average molecular weight is 296 g/mol. The van der Waals surface area contributed by atoms with Crippen LogP contribution in [0.1, 0.15) is 20.8 Å². The minimum Gasteiger partial charge on any atom is -0.478 e. The van der Waals surface area contributed by atoms with Crippen molar-refractivity contribution >= 4 is 5.97 Å².